The van der Waals surface area contributed by atoms with Crippen LogP contribution in [0.4, 0.5) is 5.69 Å². The molecule has 1 aliphatic heterocycles. The van der Waals surface area contributed by atoms with Crippen molar-refractivity contribution in [3.63, 3.8) is 0 Å². The first kappa shape index (κ1) is 12.1. The zero-order chi connectivity index (χ0) is 13.3. The standard InChI is InChI=1S/C12H12N2O4/c1-13-6-7-14(11(16)10(13)15)9-4-2-8(3-5-9)12(17)18/h2-5H,6-7H2,1H3,(H,17,18). The Bertz CT molecular complexity index is 509. The third kappa shape index (κ3) is 2.04. The zero-order valence-electron chi connectivity index (χ0n) is 9.79. The minimum absolute atomic E-state index is 0.145. The minimum atomic E-state index is -1.03. The monoisotopic (exact) mass is 248 g/mol. The number of hydrogen-bond acceptors (Lipinski definition) is 3. The van der Waals surface area contributed by atoms with Crippen LogP contribution in [0.5, 0.6) is 0 Å². The number of amides is 2. The number of carbonyl (C=O) groups is 3. The number of carbonyl (C=O) groups excluding carboxylic acids is 2. The van der Waals surface area contributed by atoms with E-state index in [0.29, 0.717) is 18.8 Å². The van der Waals surface area contributed by atoms with Gasteiger partial charge in [0.15, 0.2) is 0 Å². The van der Waals surface area contributed by atoms with Gasteiger partial charge in [-0.1, -0.05) is 0 Å². The molecule has 0 aromatic heterocycles. The van der Waals surface area contributed by atoms with E-state index in [4.69, 9.17) is 5.11 Å². The third-order valence-corrected chi connectivity index (χ3v) is 2.86. The number of carboxylic acids is 1. The maximum atomic E-state index is 11.8. The van der Waals surface area contributed by atoms with E-state index in [1.54, 1.807) is 7.05 Å². The van der Waals surface area contributed by atoms with Gasteiger partial charge in [0.1, 0.15) is 0 Å². The van der Waals surface area contributed by atoms with Crippen LogP contribution >= 0.6 is 0 Å². The van der Waals surface area contributed by atoms with Crippen molar-refractivity contribution in [2.45, 2.75) is 0 Å². The van der Waals surface area contributed by atoms with Crippen LogP contribution in [0.25, 0.3) is 0 Å². The minimum Gasteiger partial charge on any atom is -0.478 e. The molecule has 1 aromatic carbocycles. The molecule has 0 spiro atoms. The Morgan fingerprint density at radius 2 is 1.72 bits per heavy atom. The lowest BCUT2D eigenvalue weighted by molar-refractivity contribution is -0.145. The molecular weight excluding hydrogens is 236 g/mol. The highest BCUT2D eigenvalue weighted by Crippen LogP contribution is 2.18. The Balaban J connectivity index is 2.24. The number of anilines is 1. The molecular formula is C12H12N2O4. The molecule has 0 atom stereocenters. The summed E-state index contributed by atoms with van der Waals surface area (Å²) in [5, 5.41) is 8.77. The van der Waals surface area contributed by atoms with Gasteiger partial charge in [0.05, 0.1) is 5.56 Å². The Morgan fingerprint density at radius 3 is 2.28 bits per heavy atom. The van der Waals surface area contributed by atoms with Crippen molar-refractivity contribution in [3.05, 3.63) is 29.8 Å². The fourth-order valence-corrected chi connectivity index (χ4v) is 1.76. The van der Waals surface area contributed by atoms with Gasteiger partial charge in [-0.3, -0.25) is 9.59 Å². The van der Waals surface area contributed by atoms with Crippen molar-refractivity contribution in [1.29, 1.82) is 0 Å². The van der Waals surface area contributed by atoms with Crippen molar-refractivity contribution in [1.82, 2.24) is 4.90 Å². The Labute approximate surface area is 103 Å². The van der Waals surface area contributed by atoms with Crippen LogP contribution < -0.4 is 4.90 Å². The molecule has 0 aliphatic carbocycles. The van der Waals surface area contributed by atoms with E-state index < -0.39 is 17.8 Å². The number of hydrogen-bond donors (Lipinski definition) is 1. The van der Waals surface area contributed by atoms with E-state index in [0.717, 1.165) is 0 Å². The number of likely N-dealkylation sites (N-methyl/N-ethyl adjacent to an activating group) is 1. The summed E-state index contributed by atoms with van der Waals surface area (Å²) >= 11 is 0. The van der Waals surface area contributed by atoms with Gasteiger partial charge in [-0.15, -0.1) is 0 Å². The quantitative estimate of drug-likeness (QED) is 0.758. The summed E-state index contributed by atoms with van der Waals surface area (Å²) < 4.78 is 0. The fourth-order valence-electron chi connectivity index (χ4n) is 1.76. The van der Waals surface area contributed by atoms with Gasteiger partial charge in [-0.2, -0.15) is 0 Å². The summed E-state index contributed by atoms with van der Waals surface area (Å²) in [5.41, 5.74) is 0.679. The Kier molecular flexibility index (Phi) is 3.01. The predicted molar refractivity (Wildman–Crippen MR) is 63.4 cm³/mol. The van der Waals surface area contributed by atoms with Gasteiger partial charge >= 0.3 is 17.8 Å². The van der Waals surface area contributed by atoms with E-state index in [-0.39, 0.29) is 5.56 Å². The molecule has 18 heavy (non-hydrogen) atoms. The predicted octanol–water partition coefficient (Wildman–Crippen LogP) is 0.190. The Morgan fingerprint density at radius 1 is 1.11 bits per heavy atom. The topological polar surface area (TPSA) is 77.9 Å². The smallest absolute Gasteiger partial charge is 0.335 e. The molecule has 1 heterocycles. The number of aromatic carboxylic acids is 1. The van der Waals surface area contributed by atoms with Crippen molar-refractivity contribution < 1.29 is 19.5 Å². The largest absolute Gasteiger partial charge is 0.478 e. The highest BCUT2D eigenvalue weighted by molar-refractivity contribution is 6.40. The van der Waals surface area contributed by atoms with Gasteiger partial charge < -0.3 is 14.9 Å². The molecule has 0 saturated carbocycles. The van der Waals surface area contributed by atoms with E-state index in [1.165, 1.54) is 34.1 Å². The lowest BCUT2D eigenvalue weighted by Crippen LogP contribution is -2.53. The van der Waals surface area contributed by atoms with Crippen molar-refractivity contribution in [2.24, 2.45) is 0 Å². The molecule has 2 rings (SSSR count). The highest BCUT2D eigenvalue weighted by atomic mass is 16.4. The van der Waals surface area contributed by atoms with Crippen LogP contribution in [-0.4, -0.2) is 47.9 Å². The molecule has 1 fully saturated rings. The average molecular weight is 248 g/mol. The maximum Gasteiger partial charge on any atom is 0.335 e. The number of benzene rings is 1. The number of rotatable bonds is 2. The van der Waals surface area contributed by atoms with Gasteiger partial charge in [-0.25, -0.2) is 4.79 Å². The molecule has 1 saturated heterocycles. The summed E-state index contributed by atoms with van der Waals surface area (Å²) in [6, 6.07) is 5.88. The number of carboxylic acid groups (broad SMARTS) is 1. The van der Waals surface area contributed by atoms with E-state index in [2.05, 4.69) is 0 Å². The van der Waals surface area contributed by atoms with Crippen LogP contribution in [0.15, 0.2) is 24.3 Å². The van der Waals surface area contributed by atoms with Gasteiger partial charge in [0.25, 0.3) is 0 Å². The molecule has 6 heteroatoms. The Hall–Kier alpha value is -2.37. The molecule has 1 aliphatic rings. The van der Waals surface area contributed by atoms with Crippen LogP contribution in [0, 0.1) is 0 Å². The number of piperazine rings is 1. The first-order chi connectivity index (χ1) is 8.50. The second kappa shape index (κ2) is 4.48. The highest BCUT2D eigenvalue weighted by Gasteiger charge is 2.31. The first-order valence-electron chi connectivity index (χ1n) is 5.41. The maximum absolute atomic E-state index is 11.8. The summed E-state index contributed by atoms with van der Waals surface area (Å²) in [7, 11) is 1.57. The second-order valence-corrected chi connectivity index (χ2v) is 4.04. The third-order valence-electron chi connectivity index (χ3n) is 2.86. The van der Waals surface area contributed by atoms with Crippen molar-refractivity contribution >= 4 is 23.5 Å². The zero-order valence-corrected chi connectivity index (χ0v) is 9.79. The fraction of sp³-hybridized carbons (Fsp3) is 0.250. The van der Waals surface area contributed by atoms with Crippen LogP contribution in [0.1, 0.15) is 10.4 Å². The normalized spacial score (nSPS) is 16.1. The van der Waals surface area contributed by atoms with Gasteiger partial charge in [-0.05, 0) is 24.3 Å². The summed E-state index contributed by atoms with van der Waals surface area (Å²) in [6.45, 7) is 0.874. The summed E-state index contributed by atoms with van der Waals surface area (Å²) in [6.07, 6.45) is 0. The van der Waals surface area contributed by atoms with Crippen molar-refractivity contribution in [2.75, 3.05) is 25.0 Å². The molecule has 6 nitrogen and oxygen atoms in total. The average Bonchev–Trinajstić information content (AvgIpc) is 2.36. The van der Waals surface area contributed by atoms with E-state index in [9.17, 15) is 14.4 Å². The second-order valence-electron chi connectivity index (χ2n) is 4.04. The van der Waals surface area contributed by atoms with E-state index in [1.807, 2.05) is 0 Å². The van der Waals surface area contributed by atoms with Gasteiger partial charge in [0.2, 0.25) is 0 Å². The molecule has 1 N–H and O–H groups in total. The number of nitrogens with zero attached hydrogens (tertiary/aromatic N) is 2. The molecule has 0 radical (unpaired) electrons. The summed E-state index contributed by atoms with van der Waals surface area (Å²) in [5.74, 6) is -2.17. The van der Waals surface area contributed by atoms with E-state index >= 15 is 0 Å². The van der Waals surface area contributed by atoms with Crippen molar-refractivity contribution in [3.8, 4) is 0 Å². The van der Waals surface area contributed by atoms with Crippen LogP contribution in [0.2, 0.25) is 0 Å². The molecule has 2 amide bonds. The molecule has 94 valence electrons. The molecule has 0 bridgehead atoms. The summed E-state index contributed by atoms with van der Waals surface area (Å²) in [4.78, 5) is 36.7. The lowest BCUT2D eigenvalue weighted by Gasteiger charge is -2.31. The molecule has 1 aromatic rings. The van der Waals surface area contributed by atoms with Gasteiger partial charge in [0, 0.05) is 25.8 Å². The van der Waals surface area contributed by atoms with Crippen LogP contribution in [-0.2, 0) is 9.59 Å². The first-order valence-corrected chi connectivity index (χ1v) is 5.41. The SMILES string of the molecule is CN1CCN(c2ccc(C(=O)O)cc2)C(=O)C1=O. The van der Waals surface area contributed by atoms with Crippen LogP contribution in [0.3, 0.4) is 0 Å². The lowest BCUT2D eigenvalue weighted by atomic mass is 10.2. The molecule has 0 unspecified atom stereocenters.